The summed E-state index contributed by atoms with van der Waals surface area (Å²) in [5.41, 5.74) is 5.79. The van der Waals surface area contributed by atoms with Crippen LogP contribution in [-0.2, 0) is 9.53 Å². The zero-order chi connectivity index (χ0) is 30.0. The Hall–Kier alpha value is -4.54. The number of benzene rings is 1. The highest BCUT2D eigenvalue weighted by Crippen LogP contribution is 2.37. The third kappa shape index (κ3) is 6.19. The molecule has 1 saturated carbocycles. The smallest absolute Gasteiger partial charge is 0.410 e. The number of fused-ring (bicyclic) bond motifs is 1. The van der Waals surface area contributed by atoms with Crippen molar-refractivity contribution in [3.63, 3.8) is 0 Å². The van der Waals surface area contributed by atoms with Crippen LogP contribution in [0.3, 0.4) is 0 Å². The van der Waals surface area contributed by atoms with E-state index in [0.29, 0.717) is 55.9 Å². The number of rotatable bonds is 7. The van der Waals surface area contributed by atoms with Crippen molar-refractivity contribution >= 4 is 40.7 Å². The molecular weight excluding hydrogens is 548 g/mol. The fraction of sp³-hybridized carbons (Fsp3) is 0.500. The number of nitrogens with zero attached hydrogens (tertiary/aromatic N) is 6. The lowest BCUT2D eigenvalue weighted by Gasteiger charge is -2.33. The Morgan fingerprint density at radius 3 is 2.50 bits per heavy atom. The van der Waals surface area contributed by atoms with Crippen molar-refractivity contribution in [3.05, 3.63) is 35.5 Å². The van der Waals surface area contributed by atoms with Crippen molar-refractivity contribution in [3.8, 4) is 6.07 Å². The average Bonchev–Trinajstić information content (AvgIpc) is 3.31. The summed E-state index contributed by atoms with van der Waals surface area (Å²) >= 11 is 0. The molecule has 1 aliphatic heterocycles. The van der Waals surface area contributed by atoms with Gasteiger partial charge in [-0.25, -0.2) is 23.5 Å². The van der Waals surface area contributed by atoms with Gasteiger partial charge in [0.2, 0.25) is 17.8 Å². The van der Waals surface area contributed by atoms with Gasteiger partial charge in [0.1, 0.15) is 11.2 Å². The number of hydrogen-bond acceptors (Lipinski definition) is 9. The standard InChI is InChI=1S/C28H33F2N9O3/c1-15(2)42-28(41)38-9-3-4-18(14-38)34-26-33-13-22-25(37-26)39(19-7-5-17(6-8-19)24(32)40)27(35-22)36-23-20(29)10-16(12-31)11-21(23)30/h10-11,13,15,17-19H,3-9,14H2,1-2H3,(H2,32,40)(H,35,36)(H,33,34,37)/t17?,18-,19?/m1/s1. The number of hydrogen-bond donors (Lipinski definition) is 3. The Kier molecular flexibility index (Phi) is 8.37. The second-order valence-electron chi connectivity index (χ2n) is 11.0. The molecule has 0 unspecified atom stereocenters. The summed E-state index contributed by atoms with van der Waals surface area (Å²) < 4.78 is 36.8. The van der Waals surface area contributed by atoms with Crippen molar-refractivity contribution < 1.29 is 23.1 Å². The fourth-order valence-electron chi connectivity index (χ4n) is 5.60. The number of nitriles is 1. The predicted molar refractivity (Wildman–Crippen MR) is 150 cm³/mol. The van der Waals surface area contributed by atoms with Gasteiger partial charge >= 0.3 is 6.09 Å². The van der Waals surface area contributed by atoms with Crippen molar-refractivity contribution in [2.45, 2.75) is 70.6 Å². The molecule has 3 aromatic rings. The van der Waals surface area contributed by atoms with Gasteiger partial charge in [0.15, 0.2) is 17.3 Å². The molecule has 1 atom stereocenters. The number of likely N-dealkylation sites (tertiary alicyclic amines) is 1. The Morgan fingerprint density at radius 2 is 1.86 bits per heavy atom. The Bertz CT molecular complexity index is 1510. The molecule has 3 heterocycles. The van der Waals surface area contributed by atoms with Crippen LogP contribution in [0.25, 0.3) is 11.2 Å². The van der Waals surface area contributed by atoms with E-state index in [2.05, 4.69) is 20.6 Å². The minimum atomic E-state index is -0.936. The number of imidazole rings is 1. The molecule has 12 nitrogen and oxygen atoms in total. The summed E-state index contributed by atoms with van der Waals surface area (Å²) in [6, 6.07) is 3.33. The van der Waals surface area contributed by atoms with Crippen molar-refractivity contribution in [1.82, 2.24) is 24.4 Å². The molecule has 14 heteroatoms. The molecule has 5 rings (SSSR count). The number of aromatic nitrogens is 4. The summed E-state index contributed by atoms with van der Waals surface area (Å²) in [5, 5.41) is 15.1. The van der Waals surface area contributed by atoms with E-state index in [1.165, 1.54) is 6.20 Å². The van der Waals surface area contributed by atoms with Gasteiger partial charge in [0, 0.05) is 31.1 Å². The minimum absolute atomic E-state index is 0.113. The van der Waals surface area contributed by atoms with Gasteiger partial charge in [-0.2, -0.15) is 10.2 Å². The third-order valence-electron chi connectivity index (χ3n) is 7.65. The lowest BCUT2D eigenvalue weighted by Crippen LogP contribution is -2.46. The number of ether oxygens (including phenoxy) is 1. The molecule has 2 amide bonds. The predicted octanol–water partition coefficient (Wildman–Crippen LogP) is 4.36. The number of halogens is 2. The van der Waals surface area contributed by atoms with Crippen LogP contribution in [-0.4, -0.2) is 61.7 Å². The number of anilines is 3. The maximum atomic E-state index is 14.8. The maximum Gasteiger partial charge on any atom is 0.410 e. The van der Waals surface area contributed by atoms with Crippen LogP contribution >= 0.6 is 0 Å². The third-order valence-corrected chi connectivity index (χ3v) is 7.65. The van der Waals surface area contributed by atoms with E-state index in [1.54, 1.807) is 29.4 Å². The summed E-state index contributed by atoms with van der Waals surface area (Å²) in [6.45, 7) is 4.63. The van der Waals surface area contributed by atoms with E-state index in [4.69, 9.17) is 20.7 Å². The quantitative estimate of drug-likeness (QED) is 0.368. The van der Waals surface area contributed by atoms with Crippen LogP contribution in [0.1, 0.15) is 64.0 Å². The minimum Gasteiger partial charge on any atom is -0.447 e. The molecule has 222 valence electrons. The summed E-state index contributed by atoms with van der Waals surface area (Å²) in [5.74, 6) is -1.99. The lowest BCUT2D eigenvalue weighted by atomic mass is 9.85. The molecule has 0 spiro atoms. The maximum absolute atomic E-state index is 14.8. The van der Waals surface area contributed by atoms with Crippen LogP contribution in [0.4, 0.5) is 31.2 Å². The number of carbonyl (C=O) groups excluding carboxylic acids is 2. The summed E-state index contributed by atoms with van der Waals surface area (Å²) in [4.78, 5) is 39.6. The highest BCUT2D eigenvalue weighted by molar-refractivity contribution is 5.78. The Balaban J connectivity index is 1.46. The fourth-order valence-corrected chi connectivity index (χ4v) is 5.60. The van der Waals surface area contributed by atoms with Crippen molar-refractivity contribution in [2.75, 3.05) is 23.7 Å². The van der Waals surface area contributed by atoms with E-state index in [9.17, 15) is 18.4 Å². The number of primary amides is 1. The van der Waals surface area contributed by atoms with Crippen LogP contribution in [0.5, 0.6) is 0 Å². The molecule has 0 bridgehead atoms. The Morgan fingerprint density at radius 1 is 1.14 bits per heavy atom. The molecule has 1 saturated heterocycles. The zero-order valence-corrected chi connectivity index (χ0v) is 23.4. The zero-order valence-electron chi connectivity index (χ0n) is 23.4. The van der Waals surface area contributed by atoms with E-state index >= 15 is 0 Å². The van der Waals surface area contributed by atoms with E-state index < -0.39 is 17.3 Å². The lowest BCUT2D eigenvalue weighted by molar-refractivity contribution is -0.122. The molecule has 4 N–H and O–H groups in total. The molecule has 0 radical (unpaired) electrons. The van der Waals surface area contributed by atoms with Gasteiger partial charge in [0.05, 0.1) is 23.9 Å². The number of nitrogens with two attached hydrogens (primary N) is 1. The molecule has 2 aromatic heterocycles. The first-order valence-electron chi connectivity index (χ1n) is 14.1. The normalized spacial score (nSPS) is 20.8. The topological polar surface area (TPSA) is 164 Å². The van der Waals surface area contributed by atoms with Crippen LogP contribution in [0, 0.1) is 28.9 Å². The first kappa shape index (κ1) is 29.0. The molecular formula is C28H33F2N9O3. The van der Waals surface area contributed by atoms with E-state index in [1.807, 2.05) is 0 Å². The number of nitrogens with one attached hydrogen (secondary N) is 2. The molecule has 2 aliphatic rings. The average molecular weight is 582 g/mol. The second-order valence-corrected chi connectivity index (χ2v) is 11.0. The van der Waals surface area contributed by atoms with Crippen LogP contribution in [0.2, 0.25) is 0 Å². The number of amides is 2. The summed E-state index contributed by atoms with van der Waals surface area (Å²) in [6.07, 6.45) is 4.79. The van der Waals surface area contributed by atoms with Gasteiger partial charge in [0.25, 0.3) is 0 Å². The molecule has 1 aliphatic carbocycles. The van der Waals surface area contributed by atoms with Gasteiger partial charge in [-0.1, -0.05) is 0 Å². The first-order chi connectivity index (χ1) is 20.1. The van der Waals surface area contributed by atoms with Gasteiger partial charge in [-0.3, -0.25) is 9.36 Å². The van der Waals surface area contributed by atoms with Gasteiger partial charge in [-0.15, -0.1) is 0 Å². The number of carbonyl (C=O) groups is 2. The van der Waals surface area contributed by atoms with Crippen molar-refractivity contribution in [2.24, 2.45) is 11.7 Å². The van der Waals surface area contributed by atoms with Crippen molar-refractivity contribution in [1.29, 1.82) is 5.26 Å². The Labute approximate surface area is 241 Å². The van der Waals surface area contributed by atoms with Gasteiger partial charge in [-0.05, 0) is 64.5 Å². The molecule has 1 aromatic carbocycles. The number of piperidine rings is 1. The van der Waals surface area contributed by atoms with Crippen LogP contribution < -0.4 is 16.4 Å². The monoisotopic (exact) mass is 581 g/mol. The van der Waals surface area contributed by atoms with Gasteiger partial charge < -0.3 is 26.0 Å². The largest absolute Gasteiger partial charge is 0.447 e. The highest BCUT2D eigenvalue weighted by Gasteiger charge is 2.30. The van der Waals surface area contributed by atoms with E-state index in [0.717, 1.165) is 25.0 Å². The first-order valence-corrected chi connectivity index (χ1v) is 14.1. The summed E-state index contributed by atoms with van der Waals surface area (Å²) in [7, 11) is 0. The molecule has 2 fully saturated rings. The van der Waals surface area contributed by atoms with Crippen LogP contribution in [0.15, 0.2) is 18.3 Å². The highest BCUT2D eigenvalue weighted by atomic mass is 19.1. The van der Waals surface area contributed by atoms with E-state index in [-0.39, 0.29) is 47.6 Å². The second kappa shape index (κ2) is 12.1. The molecule has 42 heavy (non-hydrogen) atoms. The SMILES string of the molecule is CC(C)OC(=O)N1CCC[C@@H](Nc2ncc3nc(Nc4c(F)cc(C#N)cc4F)n(C4CCC(C(N)=O)CC4)c3n2)C1.